The van der Waals surface area contributed by atoms with E-state index in [0.717, 1.165) is 11.1 Å². The van der Waals surface area contributed by atoms with Gasteiger partial charge >= 0.3 is 0 Å². The molecule has 0 radical (unpaired) electrons. The van der Waals surface area contributed by atoms with Gasteiger partial charge in [0.1, 0.15) is 0 Å². The van der Waals surface area contributed by atoms with Crippen molar-refractivity contribution in [3.8, 4) is 0 Å². The fraction of sp³-hybridized carbons (Fsp3) is 0.133. The molecule has 0 spiro atoms. The number of pyridine rings is 1. The van der Waals surface area contributed by atoms with Crippen molar-refractivity contribution in [1.29, 1.82) is 0 Å². The molecule has 0 aliphatic heterocycles. The van der Waals surface area contributed by atoms with Gasteiger partial charge in [-0.15, -0.1) is 5.10 Å². The van der Waals surface area contributed by atoms with Gasteiger partial charge < -0.3 is 0 Å². The van der Waals surface area contributed by atoms with Crippen molar-refractivity contribution in [3.63, 3.8) is 0 Å². The molecule has 0 saturated heterocycles. The quantitative estimate of drug-likeness (QED) is 0.775. The van der Waals surface area contributed by atoms with Gasteiger partial charge in [0.05, 0.1) is 0 Å². The number of anilines is 1. The summed E-state index contributed by atoms with van der Waals surface area (Å²) in [6.45, 7) is 3.93. The van der Waals surface area contributed by atoms with Crippen LogP contribution in [-0.4, -0.2) is 20.5 Å². The predicted octanol–water partition coefficient (Wildman–Crippen LogP) is 2.60. The van der Waals surface area contributed by atoms with Crippen LogP contribution in [0.5, 0.6) is 0 Å². The number of amides is 1. The first-order valence-corrected chi connectivity index (χ1v) is 6.33. The van der Waals surface area contributed by atoms with Gasteiger partial charge in [-0.2, -0.15) is 4.98 Å². The van der Waals surface area contributed by atoms with Crippen LogP contribution in [0.3, 0.4) is 0 Å². The van der Waals surface area contributed by atoms with Gasteiger partial charge in [-0.25, -0.2) is 4.52 Å². The van der Waals surface area contributed by atoms with Crippen LogP contribution in [0.4, 0.5) is 5.95 Å². The molecule has 0 fully saturated rings. The fourth-order valence-electron chi connectivity index (χ4n) is 2.00. The van der Waals surface area contributed by atoms with E-state index in [1.54, 1.807) is 10.6 Å². The normalized spacial score (nSPS) is 10.7. The number of nitrogens with zero attached hydrogens (tertiary/aromatic N) is 3. The molecule has 5 nitrogen and oxygen atoms in total. The maximum atomic E-state index is 12.1. The van der Waals surface area contributed by atoms with Crippen LogP contribution in [-0.2, 0) is 0 Å². The molecule has 2 heterocycles. The number of aromatic nitrogens is 3. The number of nitrogens with one attached hydrogen (secondary N) is 1. The first-order chi connectivity index (χ1) is 9.61. The van der Waals surface area contributed by atoms with Crippen LogP contribution in [0, 0.1) is 13.8 Å². The van der Waals surface area contributed by atoms with E-state index in [9.17, 15) is 4.79 Å². The summed E-state index contributed by atoms with van der Waals surface area (Å²) in [5.74, 6) is 0.100. The van der Waals surface area contributed by atoms with E-state index in [0.29, 0.717) is 17.2 Å². The Morgan fingerprint density at radius 3 is 2.80 bits per heavy atom. The van der Waals surface area contributed by atoms with Crippen LogP contribution >= 0.6 is 0 Å². The summed E-state index contributed by atoms with van der Waals surface area (Å²) in [5.41, 5.74) is 3.42. The van der Waals surface area contributed by atoms with Crippen molar-refractivity contribution in [2.75, 3.05) is 5.32 Å². The smallest absolute Gasteiger partial charge is 0.258 e. The molecule has 1 aromatic carbocycles. The van der Waals surface area contributed by atoms with E-state index in [2.05, 4.69) is 15.4 Å². The lowest BCUT2D eigenvalue weighted by Crippen LogP contribution is -2.13. The minimum Gasteiger partial charge on any atom is -0.289 e. The second kappa shape index (κ2) is 4.77. The van der Waals surface area contributed by atoms with Crippen LogP contribution in [0.1, 0.15) is 21.5 Å². The fourth-order valence-corrected chi connectivity index (χ4v) is 2.00. The summed E-state index contributed by atoms with van der Waals surface area (Å²) in [7, 11) is 0. The zero-order valence-electron chi connectivity index (χ0n) is 11.3. The largest absolute Gasteiger partial charge is 0.289 e. The van der Waals surface area contributed by atoms with Crippen molar-refractivity contribution in [1.82, 2.24) is 14.6 Å². The maximum absolute atomic E-state index is 12.1. The van der Waals surface area contributed by atoms with Gasteiger partial charge in [0.25, 0.3) is 5.91 Å². The third-order valence-electron chi connectivity index (χ3n) is 2.98. The molecular formula is C15H14N4O. The van der Waals surface area contributed by atoms with Gasteiger partial charge in [0, 0.05) is 11.8 Å². The van der Waals surface area contributed by atoms with Crippen molar-refractivity contribution in [2.24, 2.45) is 0 Å². The first-order valence-electron chi connectivity index (χ1n) is 6.33. The second-order valence-corrected chi connectivity index (χ2v) is 4.77. The van der Waals surface area contributed by atoms with E-state index < -0.39 is 0 Å². The van der Waals surface area contributed by atoms with Crippen LogP contribution in [0.15, 0.2) is 42.6 Å². The highest BCUT2D eigenvalue weighted by Crippen LogP contribution is 2.10. The van der Waals surface area contributed by atoms with E-state index in [1.807, 2.05) is 50.4 Å². The zero-order valence-corrected chi connectivity index (χ0v) is 11.3. The molecule has 0 unspecified atom stereocenters. The lowest BCUT2D eigenvalue weighted by molar-refractivity contribution is 0.102. The first kappa shape index (κ1) is 12.3. The third-order valence-corrected chi connectivity index (χ3v) is 2.98. The Labute approximate surface area is 116 Å². The molecule has 2 aromatic heterocycles. The third kappa shape index (κ3) is 2.38. The second-order valence-electron chi connectivity index (χ2n) is 4.77. The molecule has 0 saturated carbocycles. The molecule has 0 bridgehead atoms. The lowest BCUT2D eigenvalue weighted by Gasteiger charge is -2.01. The number of fused-ring (bicyclic) bond motifs is 1. The number of aryl methyl sites for hydroxylation is 2. The molecule has 0 aliphatic carbocycles. The molecular weight excluding hydrogens is 252 g/mol. The number of hydrogen-bond donors (Lipinski definition) is 1. The number of benzene rings is 1. The Hall–Kier alpha value is -2.69. The molecule has 3 aromatic rings. The molecule has 100 valence electrons. The minimum absolute atomic E-state index is 0.207. The number of carbonyl (C=O) groups excluding carboxylic acids is 1. The average Bonchev–Trinajstić information content (AvgIpc) is 2.80. The number of rotatable bonds is 2. The van der Waals surface area contributed by atoms with Crippen LogP contribution in [0.2, 0.25) is 0 Å². The van der Waals surface area contributed by atoms with Gasteiger partial charge in [-0.1, -0.05) is 23.8 Å². The summed E-state index contributed by atoms with van der Waals surface area (Å²) in [6.07, 6.45) is 1.87. The van der Waals surface area contributed by atoms with Gasteiger partial charge in [-0.05, 0) is 37.6 Å². The molecule has 3 rings (SSSR count). The molecule has 0 atom stereocenters. The van der Waals surface area contributed by atoms with Crippen molar-refractivity contribution in [2.45, 2.75) is 13.8 Å². The average molecular weight is 266 g/mol. The van der Waals surface area contributed by atoms with Crippen molar-refractivity contribution in [3.05, 3.63) is 59.3 Å². The van der Waals surface area contributed by atoms with Gasteiger partial charge in [0.15, 0.2) is 5.65 Å². The predicted molar refractivity (Wildman–Crippen MR) is 76.9 cm³/mol. The molecule has 0 aliphatic rings. The summed E-state index contributed by atoms with van der Waals surface area (Å²) < 4.78 is 1.65. The zero-order chi connectivity index (χ0) is 14.1. The van der Waals surface area contributed by atoms with Crippen LogP contribution in [0.25, 0.3) is 5.65 Å². The summed E-state index contributed by atoms with van der Waals surface area (Å²) in [5, 5.41) is 6.95. The highest BCUT2D eigenvalue weighted by Gasteiger charge is 2.10. The Kier molecular flexibility index (Phi) is 2.95. The Morgan fingerprint density at radius 1 is 1.15 bits per heavy atom. The number of carbonyl (C=O) groups is 1. The van der Waals surface area contributed by atoms with Crippen molar-refractivity contribution < 1.29 is 4.79 Å². The molecule has 20 heavy (non-hydrogen) atoms. The SMILES string of the molecule is Cc1cccc(C(=O)Nc2nc3ccc(C)cn3n2)c1. The topological polar surface area (TPSA) is 59.3 Å². The lowest BCUT2D eigenvalue weighted by atomic mass is 10.1. The Bertz CT molecular complexity index is 791. The Morgan fingerprint density at radius 2 is 2.00 bits per heavy atom. The van der Waals surface area contributed by atoms with Gasteiger partial charge in [-0.3, -0.25) is 10.1 Å². The van der Waals surface area contributed by atoms with Crippen molar-refractivity contribution >= 4 is 17.5 Å². The highest BCUT2D eigenvalue weighted by molar-refractivity contribution is 6.03. The Balaban J connectivity index is 1.87. The number of hydrogen-bond acceptors (Lipinski definition) is 3. The summed E-state index contributed by atoms with van der Waals surface area (Å²) in [4.78, 5) is 16.4. The van der Waals surface area contributed by atoms with Crippen LogP contribution < -0.4 is 5.32 Å². The highest BCUT2D eigenvalue weighted by atomic mass is 16.1. The summed E-state index contributed by atoms with van der Waals surface area (Å²) >= 11 is 0. The monoisotopic (exact) mass is 266 g/mol. The van der Waals surface area contributed by atoms with E-state index >= 15 is 0 Å². The standard InChI is InChI=1S/C15H14N4O/c1-10-4-3-5-12(8-10)14(20)17-15-16-13-7-6-11(2)9-19(13)18-15/h3-9H,1-2H3,(H,17,18,20). The molecule has 5 heteroatoms. The summed E-state index contributed by atoms with van der Waals surface area (Å²) in [6, 6.07) is 11.2. The maximum Gasteiger partial charge on any atom is 0.258 e. The minimum atomic E-state index is -0.207. The van der Waals surface area contributed by atoms with E-state index in [4.69, 9.17) is 0 Å². The van der Waals surface area contributed by atoms with E-state index in [-0.39, 0.29) is 5.91 Å². The van der Waals surface area contributed by atoms with E-state index in [1.165, 1.54) is 0 Å². The van der Waals surface area contributed by atoms with Gasteiger partial charge in [0.2, 0.25) is 5.95 Å². The molecule has 1 amide bonds. The molecule has 1 N–H and O–H groups in total.